The lowest BCUT2D eigenvalue weighted by atomic mass is 10.2. The quantitative estimate of drug-likeness (QED) is 0.273. The van der Waals surface area contributed by atoms with Crippen molar-refractivity contribution in [2.75, 3.05) is 0 Å². The predicted molar refractivity (Wildman–Crippen MR) is 116 cm³/mol. The summed E-state index contributed by atoms with van der Waals surface area (Å²) in [6, 6.07) is 10.6. The van der Waals surface area contributed by atoms with E-state index in [0.29, 0.717) is 21.6 Å². The Labute approximate surface area is 180 Å². The van der Waals surface area contributed by atoms with Crippen molar-refractivity contribution in [2.45, 2.75) is 18.7 Å². The number of non-ortho nitro benzene ring substituents is 1. The molecule has 0 unspecified atom stereocenters. The molecule has 9 nitrogen and oxygen atoms in total. The molecule has 31 heavy (non-hydrogen) atoms. The van der Waals surface area contributed by atoms with Gasteiger partial charge in [0.25, 0.3) is 11.2 Å². The lowest BCUT2D eigenvalue weighted by Gasteiger charge is -2.08. The number of nitrogens with zero attached hydrogens (tertiary/aromatic N) is 2. The van der Waals surface area contributed by atoms with Crippen molar-refractivity contribution in [1.29, 1.82) is 0 Å². The topological polar surface area (TPSA) is 132 Å². The summed E-state index contributed by atoms with van der Waals surface area (Å²) in [5, 5.41) is 11.4. The van der Waals surface area contributed by atoms with Gasteiger partial charge < -0.3 is 9.17 Å². The van der Waals surface area contributed by atoms with Crippen LogP contribution in [-0.4, -0.2) is 23.3 Å². The Morgan fingerprint density at radius 3 is 2.52 bits per heavy atom. The standard InChI is InChI=1S/C20H15N3O6S2/c1-11-12(2)30-20-17(11)19(24)21-18(22-20)13-6-8-15(9-7-13)29-31(27,28)16-5-3-4-14(10-16)23(25)26/h3-10H,1-2H3,(H,21,22,24). The van der Waals surface area contributed by atoms with Crippen molar-refractivity contribution in [3.8, 4) is 17.1 Å². The van der Waals surface area contributed by atoms with Crippen LogP contribution in [0.4, 0.5) is 5.69 Å². The number of nitrogens with one attached hydrogen (secondary N) is 1. The number of aromatic nitrogens is 2. The molecule has 0 spiro atoms. The number of aryl methyl sites for hydroxylation is 2. The molecule has 0 amide bonds. The minimum atomic E-state index is -4.26. The summed E-state index contributed by atoms with van der Waals surface area (Å²) in [7, 11) is -4.26. The van der Waals surface area contributed by atoms with Gasteiger partial charge in [0, 0.05) is 22.6 Å². The first-order valence-electron chi connectivity index (χ1n) is 8.95. The fourth-order valence-electron chi connectivity index (χ4n) is 2.99. The molecule has 0 fully saturated rings. The van der Waals surface area contributed by atoms with E-state index in [2.05, 4.69) is 9.97 Å². The average molecular weight is 457 g/mol. The van der Waals surface area contributed by atoms with Crippen LogP contribution in [0.3, 0.4) is 0 Å². The molecule has 0 atom stereocenters. The molecule has 0 aliphatic rings. The molecule has 2 aromatic heterocycles. The van der Waals surface area contributed by atoms with E-state index >= 15 is 0 Å². The van der Waals surface area contributed by atoms with Gasteiger partial charge in [-0.2, -0.15) is 8.42 Å². The number of thiophene rings is 1. The Morgan fingerprint density at radius 2 is 1.84 bits per heavy atom. The Morgan fingerprint density at radius 1 is 1.13 bits per heavy atom. The summed E-state index contributed by atoms with van der Waals surface area (Å²) in [5.74, 6) is 0.369. The van der Waals surface area contributed by atoms with Crippen LogP contribution in [0.25, 0.3) is 21.6 Å². The molecule has 11 heteroatoms. The fourth-order valence-corrected chi connectivity index (χ4v) is 4.99. The molecule has 2 aromatic carbocycles. The highest BCUT2D eigenvalue weighted by Crippen LogP contribution is 2.28. The third-order valence-electron chi connectivity index (χ3n) is 4.69. The number of nitro groups is 1. The van der Waals surface area contributed by atoms with E-state index in [1.54, 1.807) is 12.1 Å². The molecule has 0 saturated carbocycles. The average Bonchev–Trinajstić information content (AvgIpc) is 3.02. The Hall–Kier alpha value is -3.57. The molecule has 0 bridgehead atoms. The monoisotopic (exact) mass is 457 g/mol. The van der Waals surface area contributed by atoms with Crippen molar-refractivity contribution in [1.82, 2.24) is 9.97 Å². The molecule has 0 aliphatic carbocycles. The van der Waals surface area contributed by atoms with Crippen molar-refractivity contribution >= 4 is 37.4 Å². The number of fused-ring (bicyclic) bond motifs is 1. The summed E-state index contributed by atoms with van der Waals surface area (Å²) in [6.07, 6.45) is 0. The van der Waals surface area contributed by atoms with E-state index < -0.39 is 15.0 Å². The van der Waals surface area contributed by atoms with Crippen LogP contribution in [0.5, 0.6) is 5.75 Å². The van der Waals surface area contributed by atoms with Crippen LogP contribution in [0.15, 0.2) is 58.2 Å². The maximum atomic E-state index is 12.5. The molecule has 0 saturated heterocycles. The van der Waals surface area contributed by atoms with E-state index in [1.807, 2.05) is 13.8 Å². The zero-order chi connectivity index (χ0) is 22.3. The summed E-state index contributed by atoms with van der Waals surface area (Å²) in [5.41, 5.74) is 0.873. The molecule has 1 N–H and O–H groups in total. The zero-order valence-corrected chi connectivity index (χ0v) is 17.9. The highest BCUT2D eigenvalue weighted by atomic mass is 32.2. The van der Waals surface area contributed by atoms with E-state index in [-0.39, 0.29) is 21.9 Å². The van der Waals surface area contributed by atoms with Gasteiger partial charge in [-0.15, -0.1) is 11.3 Å². The molecule has 0 radical (unpaired) electrons. The second-order valence-corrected chi connectivity index (χ2v) is 9.44. The first kappa shape index (κ1) is 20.7. The van der Waals surface area contributed by atoms with Gasteiger partial charge in [0.1, 0.15) is 21.3 Å². The van der Waals surface area contributed by atoms with Gasteiger partial charge in [-0.3, -0.25) is 14.9 Å². The van der Waals surface area contributed by atoms with Gasteiger partial charge in [-0.1, -0.05) is 6.07 Å². The lowest BCUT2D eigenvalue weighted by Crippen LogP contribution is -2.10. The minimum Gasteiger partial charge on any atom is -0.379 e. The van der Waals surface area contributed by atoms with Crippen LogP contribution in [0.1, 0.15) is 10.4 Å². The summed E-state index contributed by atoms with van der Waals surface area (Å²) < 4.78 is 30.0. The van der Waals surface area contributed by atoms with Gasteiger partial charge in [-0.05, 0) is 49.7 Å². The van der Waals surface area contributed by atoms with Crippen molar-refractivity contribution < 1.29 is 17.5 Å². The number of aromatic amines is 1. The highest BCUT2D eigenvalue weighted by Gasteiger charge is 2.20. The van der Waals surface area contributed by atoms with Gasteiger partial charge in [0.05, 0.1) is 10.3 Å². The first-order valence-corrected chi connectivity index (χ1v) is 11.2. The summed E-state index contributed by atoms with van der Waals surface area (Å²) in [6.45, 7) is 3.80. The second-order valence-electron chi connectivity index (χ2n) is 6.69. The van der Waals surface area contributed by atoms with Gasteiger partial charge >= 0.3 is 10.1 Å². The van der Waals surface area contributed by atoms with Crippen molar-refractivity contribution in [3.63, 3.8) is 0 Å². The maximum Gasteiger partial charge on any atom is 0.339 e. The largest absolute Gasteiger partial charge is 0.379 e. The van der Waals surface area contributed by atoms with Gasteiger partial charge in [0.15, 0.2) is 0 Å². The minimum absolute atomic E-state index is 0.0153. The number of hydrogen-bond acceptors (Lipinski definition) is 8. The molecule has 0 aliphatic heterocycles. The molecular formula is C20H15N3O6S2. The molecular weight excluding hydrogens is 442 g/mol. The Bertz CT molecular complexity index is 1490. The number of H-pyrrole nitrogens is 1. The Kier molecular flexibility index (Phi) is 5.07. The third-order valence-corrected chi connectivity index (χ3v) is 7.03. The van der Waals surface area contributed by atoms with Crippen LogP contribution >= 0.6 is 11.3 Å². The summed E-state index contributed by atoms with van der Waals surface area (Å²) in [4.78, 5) is 31.2. The van der Waals surface area contributed by atoms with E-state index in [1.165, 1.54) is 41.7 Å². The van der Waals surface area contributed by atoms with E-state index in [9.17, 15) is 23.3 Å². The summed E-state index contributed by atoms with van der Waals surface area (Å²) >= 11 is 1.43. The van der Waals surface area contributed by atoms with E-state index in [0.717, 1.165) is 16.5 Å². The SMILES string of the molecule is Cc1sc2nc(-c3ccc(OS(=O)(=O)c4cccc([N+](=O)[O-])c4)cc3)[nH]c(=O)c2c1C. The Balaban J connectivity index is 1.63. The number of benzene rings is 2. The zero-order valence-electron chi connectivity index (χ0n) is 16.3. The fraction of sp³-hybridized carbons (Fsp3) is 0.100. The molecule has 4 rings (SSSR count). The number of nitro benzene ring substituents is 1. The first-order chi connectivity index (χ1) is 14.7. The maximum absolute atomic E-state index is 12.5. The molecule has 2 heterocycles. The third kappa shape index (κ3) is 3.92. The highest BCUT2D eigenvalue weighted by molar-refractivity contribution is 7.87. The van der Waals surface area contributed by atoms with Crippen LogP contribution in [0, 0.1) is 24.0 Å². The predicted octanol–water partition coefficient (Wildman–Crippen LogP) is 3.94. The van der Waals surface area contributed by atoms with Crippen LogP contribution < -0.4 is 9.74 Å². The van der Waals surface area contributed by atoms with Crippen LogP contribution in [-0.2, 0) is 10.1 Å². The number of rotatable bonds is 5. The second kappa shape index (κ2) is 7.60. The van der Waals surface area contributed by atoms with Crippen molar-refractivity contribution in [3.05, 3.63) is 79.4 Å². The van der Waals surface area contributed by atoms with Crippen molar-refractivity contribution in [2.24, 2.45) is 0 Å². The van der Waals surface area contributed by atoms with E-state index in [4.69, 9.17) is 4.18 Å². The molecule has 158 valence electrons. The lowest BCUT2D eigenvalue weighted by molar-refractivity contribution is -0.385. The molecule has 4 aromatic rings. The normalized spacial score (nSPS) is 11.5. The number of hydrogen-bond donors (Lipinski definition) is 1. The van der Waals surface area contributed by atoms with Crippen LogP contribution in [0.2, 0.25) is 0 Å². The smallest absolute Gasteiger partial charge is 0.339 e. The van der Waals surface area contributed by atoms with Gasteiger partial charge in [0.2, 0.25) is 0 Å². The van der Waals surface area contributed by atoms with Gasteiger partial charge in [-0.25, -0.2) is 4.98 Å².